The second kappa shape index (κ2) is 4.78. The fraction of sp³-hybridized carbons (Fsp3) is 0.154. The molecule has 0 radical (unpaired) electrons. The molecule has 0 saturated carbocycles. The first-order chi connectivity index (χ1) is 9.70. The number of nitrogens with zero attached hydrogens (tertiary/aromatic N) is 3. The van der Waals surface area contributed by atoms with E-state index in [1.54, 1.807) is 24.7 Å². The molecule has 0 spiro atoms. The van der Waals surface area contributed by atoms with Gasteiger partial charge in [0.15, 0.2) is 0 Å². The summed E-state index contributed by atoms with van der Waals surface area (Å²) in [4.78, 5) is 16.4. The van der Waals surface area contributed by atoms with Gasteiger partial charge in [-0.15, -0.1) is 0 Å². The molecule has 0 saturated heterocycles. The summed E-state index contributed by atoms with van der Waals surface area (Å²) in [5.41, 5.74) is 1.80. The van der Waals surface area contributed by atoms with Gasteiger partial charge in [0.2, 0.25) is 5.88 Å². The summed E-state index contributed by atoms with van der Waals surface area (Å²) in [6.45, 7) is 0. The number of non-ortho nitro benzene ring substituents is 1. The van der Waals surface area contributed by atoms with E-state index in [1.165, 1.54) is 12.1 Å². The Bertz CT molecular complexity index is 663. The zero-order chi connectivity index (χ0) is 14.1. The second-order valence-electron chi connectivity index (χ2n) is 4.30. The molecule has 7 heteroatoms. The van der Waals surface area contributed by atoms with Gasteiger partial charge in [-0.05, 0) is 25.2 Å². The molecule has 20 heavy (non-hydrogen) atoms. The molecule has 1 atom stereocenters. The molecule has 2 aromatic rings. The predicted molar refractivity (Wildman–Crippen MR) is 74.2 cm³/mol. The van der Waals surface area contributed by atoms with Crippen LogP contribution in [-0.2, 0) is 0 Å². The normalized spacial score (nSPS) is 17.1. The summed E-state index contributed by atoms with van der Waals surface area (Å²) < 4.78 is 5.27. The first kappa shape index (κ1) is 12.4. The van der Waals surface area contributed by atoms with E-state index in [2.05, 4.69) is 10.3 Å². The average molecular weight is 272 g/mol. The van der Waals surface area contributed by atoms with Gasteiger partial charge >= 0.3 is 0 Å². The maximum Gasteiger partial charge on any atom is 0.269 e. The molecule has 1 unspecified atom stereocenters. The highest BCUT2D eigenvalue weighted by Gasteiger charge is 2.26. The van der Waals surface area contributed by atoms with Crippen LogP contribution in [0, 0.1) is 10.1 Å². The molecule has 0 fully saturated rings. The first-order valence-corrected chi connectivity index (χ1v) is 6.02. The van der Waals surface area contributed by atoms with Crippen molar-refractivity contribution in [1.82, 2.24) is 5.32 Å². The van der Waals surface area contributed by atoms with Crippen molar-refractivity contribution in [3.63, 3.8) is 0 Å². The lowest BCUT2D eigenvalue weighted by Crippen LogP contribution is -2.37. The third-order valence-corrected chi connectivity index (χ3v) is 3.18. The Labute approximate surface area is 114 Å². The van der Waals surface area contributed by atoms with Gasteiger partial charge in [-0.25, -0.2) is 4.99 Å². The van der Waals surface area contributed by atoms with E-state index in [4.69, 9.17) is 4.42 Å². The number of anilines is 1. The van der Waals surface area contributed by atoms with Gasteiger partial charge in [-0.1, -0.05) is 0 Å². The van der Waals surface area contributed by atoms with Crippen LogP contribution in [0.2, 0.25) is 0 Å². The van der Waals surface area contributed by atoms with Crippen LogP contribution in [0.25, 0.3) is 0 Å². The van der Waals surface area contributed by atoms with Crippen LogP contribution in [0.4, 0.5) is 17.3 Å². The molecule has 3 rings (SSSR count). The van der Waals surface area contributed by atoms with Crippen molar-refractivity contribution in [1.29, 1.82) is 0 Å². The van der Waals surface area contributed by atoms with Crippen LogP contribution in [0.15, 0.2) is 46.0 Å². The van der Waals surface area contributed by atoms with Gasteiger partial charge in [0.1, 0.15) is 12.5 Å². The van der Waals surface area contributed by atoms with Gasteiger partial charge in [-0.2, -0.15) is 0 Å². The van der Waals surface area contributed by atoms with E-state index >= 15 is 0 Å². The lowest BCUT2D eigenvalue weighted by molar-refractivity contribution is -0.384. The Morgan fingerprint density at radius 2 is 2.10 bits per heavy atom. The highest BCUT2D eigenvalue weighted by atomic mass is 16.6. The predicted octanol–water partition coefficient (Wildman–Crippen LogP) is 2.59. The highest BCUT2D eigenvalue weighted by molar-refractivity contribution is 5.84. The molecule has 1 aromatic heterocycles. The average Bonchev–Trinajstić information content (AvgIpc) is 2.94. The van der Waals surface area contributed by atoms with E-state index in [9.17, 15) is 10.1 Å². The minimum atomic E-state index is -0.419. The summed E-state index contributed by atoms with van der Waals surface area (Å²) >= 11 is 0. The van der Waals surface area contributed by atoms with Crippen molar-refractivity contribution >= 4 is 23.6 Å². The van der Waals surface area contributed by atoms with E-state index in [0.29, 0.717) is 5.88 Å². The van der Waals surface area contributed by atoms with Crippen molar-refractivity contribution < 1.29 is 9.34 Å². The third-order valence-electron chi connectivity index (χ3n) is 3.18. The summed E-state index contributed by atoms with van der Waals surface area (Å²) in [5.74, 6) is 0.572. The van der Waals surface area contributed by atoms with Gasteiger partial charge in [-0.3, -0.25) is 15.4 Å². The number of benzene rings is 1. The SMILES string of the molecule is CNC1c2ccoc2N=CN1c1ccc([N+](=O)[O-])cc1. The molecule has 1 aliphatic heterocycles. The second-order valence-corrected chi connectivity index (χ2v) is 4.30. The van der Waals surface area contributed by atoms with Crippen LogP contribution in [0.3, 0.4) is 0 Å². The van der Waals surface area contributed by atoms with Gasteiger partial charge in [0.25, 0.3) is 5.69 Å². The lowest BCUT2D eigenvalue weighted by Gasteiger charge is -2.31. The largest absolute Gasteiger partial charge is 0.446 e. The Balaban J connectivity index is 1.95. The zero-order valence-corrected chi connectivity index (χ0v) is 10.7. The van der Waals surface area contributed by atoms with Crippen LogP contribution >= 0.6 is 0 Å². The molecule has 2 heterocycles. The fourth-order valence-corrected chi connectivity index (χ4v) is 2.21. The molecule has 0 amide bonds. The molecular formula is C13H12N4O3. The number of nitrogens with one attached hydrogen (secondary N) is 1. The molecule has 7 nitrogen and oxygen atoms in total. The number of hydrogen-bond donors (Lipinski definition) is 1. The van der Waals surface area contributed by atoms with E-state index in [-0.39, 0.29) is 11.9 Å². The molecule has 1 aromatic carbocycles. The minimum absolute atomic E-state index is 0.0627. The zero-order valence-electron chi connectivity index (χ0n) is 10.7. The quantitative estimate of drug-likeness (QED) is 0.685. The molecular weight excluding hydrogens is 260 g/mol. The summed E-state index contributed by atoms with van der Waals surface area (Å²) in [6, 6.07) is 8.19. The number of furan rings is 1. The summed E-state index contributed by atoms with van der Waals surface area (Å²) in [6.07, 6.45) is 3.11. The van der Waals surface area contributed by atoms with Crippen molar-refractivity contribution in [2.24, 2.45) is 4.99 Å². The van der Waals surface area contributed by atoms with Gasteiger partial charge in [0.05, 0.1) is 16.7 Å². The number of hydrogen-bond acceptors (Lipinski definition) is 6. The Morgan fingerprint density at radius 3 is 2.75 bits per heavy atom. The Morgan fingerprint density at radius 1 is 1.35 bits per heavy atom. The van der Waals surface area contributed by atoms with E-state index in [1.807, 2.05) is 18.0 Å². The maximum absolute atomic E-state index is 10.7. The molecule has 0 aliphatic carbocycles. The van der Waals surface area contributed by atoms with Crippen molar-refractivity contribution in [2.75, 3.05) is 11.9 Å². The molecule has 0 bridgehead atoms. The Hall–Kier alpha value is -2.67. The monoisotopic (exact) mass is 272 g/mol. The lowest BCUT2D eigenvalue weighted by atomic mass is 10.1. The van der Waals surface area contributed by atoms with Crippen molar-refractivity contribution in [3.05, 3.63) is 52.3 Å². The topological polar surface area (TPSA) is 83.9 Å². The molecule has 1 aliphatic rings. The molecule has 102 valence electrons. The van der Waals surface area contributed by atoms with Crippen molar-refractivity contribution in [3.8, 4) is 0 Å². The number of aliphatic imine (C=N–C) groups is 1. The summed E-state index contributed by atoms with van der Waals surface area (Å²) in [7, 11) is 1.83. The highest BCUT2D eigenvalue weighted by Crippen LogP contribution is 2.35. The standard InChI is InChI=1S/C13H12N4O3/c1-14-12-11-6-7-20-13(11)15-8-16(12)9-2-4-10(5-3-9)17(18)19/h2-8,12,14H,1H3. The van der Waals surface area contributed by atoms with Crippen LogP contribution in [0.5, 0.6) is 0 Å². The van der Waals surface area contributed by atoms with Gasteiger partial charge < -0.3 is 9.32 Å². The maximum atomic E-state index is 10.7. The number of nitro benzene ring substituents is 1. The minimum Gasteiger partial charge on any atom is -0.446 e. The summed E-state index contributed by atoms with van der Waals surface area (Å²) in [5, 5.41) is 13.9. The van der Waals surface area contributed by atoms with Crippen LogP contribution in [0.1, 0.15) is 11.7 Å². The third kappa shape index (κ3) is 1.94. The van der Waals surface area contributed by atoms with Crippen molar-refractivity contribution in [2.45, 2.75) is 6.17 Å². The smallest absolute Gasteiger partial charge is 0.269 e. The first-order valence-electron chi connectivity index (χ1n) is 6.02. The number of rotatable bonds is 3. The van der Waals surface area contributed by atoms with E-state index in [0.717, 1.165) is 11.3 Å². The number of nitro groups is 1. The van der Waals surface area contributed by atoms with Crippen LogP contribution in [-0.4, -0.2) is 18.3 Å². The van der Waals surface area contributed by atoms with E-state index < -0.39 is 4.92 Å². The Kier molecular flexibility index (Phi) is 2.96. The number of fused-ring (bicyclic) bond motifs is 1. The van der Waals surface area contributed by atoms with Gasteiger partial charge in [0, 0.05) is 17.8 Å². The fourth-order valence-electron chi connectivity index (χ4n) is 2.21. The molecule has 1 N–H and O–H groups in total. The van der Waals surface area contributed by atoms with Crippen LogP contribution < -0.4 is 10.2 Å².